The summed E-state index contributed by atoms with van der Waals surface area (Å²) in [5, 5.41) is 17.5. The number of hydrogen-bond donors (Lipinski definition) is 2. The normalized spacial score (nSPS) is 10.7. The zero-order valence-corrected chi connectivity index (χ0v) is 14.3. The molecule has 0 aliphatic heterocycles. The fourth-order valence-electron chi connectivity index (χ4n) is 2.60. The van der Waals surface area contributed by atoms with E-state index in [1.54, 1.807) is 35.7 Å². The number of rotatable bonds is 3. The second-order valence-electron chi connectivity index (χ2n) is 5.98. The van der Waals surface area contributed by atoms with Crippen LogP contribution in [0.1, 0.15) is 5.56 Å². The molecule has 0 saturated carbocycles. The number of anilines is 2. The number of nitrogens with one attached hydrogen (secondary N) is 2. The topological polar surface area (TPSA) is 84.2 Å². The minimum Gasteiger partial charge on any atom is -0.308 e. The summed E-state index contributed by atoms with van der Waals surface area (Å²) >= 11 is 0. The van der Waals surface area contributed by atoms with Gasteiger partial charge >= 0.3 is 6.03 Å². The summed E-state index contributed by atoms with van der Waals surface area (Å²) in [6.07, 6.45) is 1.52. The number of carbonyl (C=O) groups excluding carboxylic acids is 1. The Balaban J connectivity index is 1.51. The lowest BCUT2D eigenvalue weighted by atomic mass is 10.1. The SMILES string of the molecule is Cc1ccc(NC(=O)Nc2cccc(-c3ccc4nncn4n3)c2)cc1F. The van der Waals surface area contributed by atoms with Crippen LogP contribution in [0.5, 0.6) is 0 Å². The van der Waals surface area contributed by atoms with E-state index >= 15 is 0 Å². The first-order chi connectivity index (χ1) is 13.1. The van der Waals surface area contributed by atoms with Crippen molar-refractivity contribution in [3.63, 3.8) is 0 Å². The summed E-state index contributed by atoms with van der Waals surface area (Å²) in [7, 11) is 0. The van der Waals surface area contributed by atoms with E-state index < -0.39 is 6.03 Å². The summed E-state index contributed by atoms with van der Waals surface area (Å²) in [4.78, 5) is 12.2. The minimum atomic E-state index is -0.461. The highest BCUT2D eigenvalue weighted by Crippen LogP contribution is 2.21. The highest BCUT2D eigenvalue weighted by molar-refractivity contribution is 6.00. The molecule has 2 aromatic heterocycles. The van der Waals surface area contributed by atoms with Gasteiger partial charge in [0.05, 0.1) is 5.69 Å². The smallest absolute Gasteiger partial charge is 0.308 e. The van der Waals surface area contributed by atoms with Gasteiger partial charge in [0.1, 0.15) is 12.1 Å². The van der Waals surface area contributed by atoms with Gasteiger partial charge in [0.25, 0.3) is 0 Å². The molecule has 27 heavy (non-hydrogen) atoms. The largest absolute Gasteiger partial charge is 0.323 e. The molecule has 0 saturated heterocycles. The molecule has 0 unspecified atom stereocenters. The number of carbonyl (C=O) groups is 1. The molecule has 0 aliphatic rings. The second kappa shape index (κ2) is 6.83. The van der Waals surface area contributed by atoms with Gasteiger partial charge in [-0.2, -0.15) is 9.61 Å². The number of halogens is 1. The van der Waals surface area contributed by atoms with Crippen molar-refractivity contribution in [2.75, 3.05) is 10.6 Å². The number of aromatic nitrogens is 4. The van der Waals surface area contributed by atoms with E-state index in [9.17, 15) is 9.18 Å². The maximum Gasteiger partial charge on any atom is 0.323 e. The Morgan fingerprint density at radius 2 is 1.85 bits per heavy atom. The van der Waals surface area contributed by atoms with E-state index in [0.29, 0.717) is 28.3 Å². The highest BCUT2D eigenvalue weighted by Gasteiger charge is 2.07. The average Bonchev–Trinajstić information content (AvgIpc) is 3.12. The van der Waals surface area contributed by atoms with Crippen LogP contribution in [0.2, 0.25) is 0 Å². The maximum atomic E-state index is 13.6. The molecule has 0 aliphatic carbocycles. The maximum absolute atomic E-state index is 13.6. The Hall–Kier alpha value is -3.81. The van der Waals surface area contributed by atoms with Crippen LogP contribution < -0.4 is 10.6 Å². The van der Waals surface area contributed by atoms with Crippen LogP contribution >= 0.6 is 0 Å². The zero-order chi connectivity index (χ0) is 18.8. The van der Waals surface area contributed by atoms with Crippen molar-refractivity contribution < 1.29 is 9.18 Å². The van der Waals surface area contributed by atoms with E-state index in [1.165, 1.54) is 12.4 Å². The number of hydrogen-bond acceptors (Lipinski definition) is 4. The first-order valence-electron chi connectivity index (χ1n) is 8.20. The van der Waals surface area contributed by atoms with Crippen molar-refractivity contribution in [2.45, 2.75) is 6.92 Å². The predicted molar refractivity (Wildman–Crippen MR) is 100.0 cm³/mol. The molecule has 4 aromatic rings. The summed E-state index contributed by atoms with van der Waals surface area (Å²) in [6, 6.07) is 15.0. The van der Waals surface area contributed by atoms with Crippen LogP contribution in [0.3, 0.4) is 0 Å². The lowest BCUT2D eigenvalue weighted by Gasteiger charge is -2.09. The zero-order valence-electron chi connectivity index (χ0n) is 14.3. The Labute approximate surface area is 153 Å². The van der Waals surface area contributed by atoms with Gasteiger partial charge in [0.15, 0.2) is 5.65 Å². The van der Waals surface area contributed by atoms with Gasteiger partial charge in [-0.15, -0.1) is 10.2 Å². The van der Waals surface area contributed by atoms with E-state index in [1.807, 2.05) is 24.3 Å². The highest BCUT2D eigenvalue weighted by atomic mass is 19.1. The van der Waals surface area contributed by atoms with Crippen LogP contribution in [0.15, 0.2) is 60.9 Å². The van der Waals surface area contributed by atoms with Crippen LogP contribution in [0, 0.1) is 12.7 Å². The van der Waals surface area contributed by atoms with Crippen molar-refractivity contribution in [1.82, 2.24) is 19.8 Å². The molecule has 0 atom stereocenters. The van der Waals surface area contributed by atoms with Crippen LogP contribution in [-0.2, 0) is 0 Å². The van der Waals surface area contributed by atoms with Crippen molar-refractivity contribution in [2.24, 2.45) is 0 Å². The quantitative estimate of drug-likeness (QED) is 0.579. The molecule has 7 nitrogen and oxygen atoms in total. The monoisotopic (exact) mass is 362 g/mol. The van der Waals surface area contributed by atoms with Crippen molar-refractivity contribution in [3.8, 4) is 11.3 Å². The van der Waals surface area contributed by atoms with E-state index in [0.717, 1.165) is 5.56 Å². The van der Waals surface area contributed by atoms with Gasteiger partial charge in [0, 0.05) is 16.9 Å². The predicted octanol–water partition coefficient (Wildman–Crippen LogP) is 3.88. The molecule has 2 N–H and O–H groups in total. The fraction of sp³-hybridized carbons (Fsp3) is 0.0526. The van der Waals surface area contributed by atoms with Gasteiger partial charge in [-0.1, -0.05) is 18.2 Å². The lowest BCUT2D eigenvalue weighted by Crippen LogP contribution is -2.19. The molecule has 2 amide bonds. The van der Waals surface area contributed by atoms with Crippen molar-refractivity contribution >= 4 is 23.1 Å². The number of urea groups is 1. The molecule has 4 rings (SSSR count). The Bertz CT molecular complexity index is 1140. The lowest BCUT2D eigenvalue weighted by molar-refractivity contribution is 0.262. The third-order valence-corrected chi connectivity index (χ3v) is 4.01. The third-order valence-electron chi connectivity index (χ3n) is 4.01. The van der Waals surface area contributed by atoms with Gasteiger partial charge in [-0.05, 0) is 48.9 Å². The second-order valence-corrected chi connectivity index (χ2v) is 5.98. The van der Waals surface area contributed by atoms with Crippen LogP contribution in [-0.4, -0.2) is 25.8 Å². The van der Waals surface area contributed by atoms with Gasteiger partial charge in [-0.25, -0.2) is 9.18 Å². The molecule has 0 bridgehead atoms. The Morgan fingerprint density at radius 3 is 2.67 bits per heavy atom. The molecular formula is C19H15FN6O. The molecule has 2 heterocycles. The minimum absolute atomic E-state index is 0.370. The van der Waals surface area contributed by atoms with Crippen LogP contribution in [0.25, 0.3) is 16.9 Å². The number of amides is 2. The Kier molecular flexibility index (Phi) is 4.21. The van der Waals surface area contributed by atoms with Gasteiger partial charge in [0.2, 0.25) is 0 Å². The van der Waals surface area contributed by atoms with Crippen molar-refractivity contribution in [3.05, 3.63) is 72.3 Å². The number of fused-ring (bicyclic) bond motifs is 1. The summed E-state index contributed by atoms with van der Waals surface area (Å²) in [5.74, 6) is -0.370. The third kappa shape index (κ3) is 3.59. The van der Waals surface area contributed by atoms with E-state index in [-0.39, 0.29) is 5.82 Å². The first-order valence-corrected chi connectivity index (χ1v) is 8.20. The standard InChI is InChI=1S/C19H15FN6O/c1-12-5-6-15(10-16(12)20)23-19(27)22-14-4-2-3-13(9-14)17-7-8-18-24-21-11-26(18)25-17/h2-11H,1H3,(H2,22,23,27). The molecule has 134 valence electrons. The first kappa shape index (κ1) is 16.6. The Morgan fingerprint density at radius 1 is 1.04 bits per heavy atom. The van der Waals surface area contributed by atoms with E-state index in [2.05, 4.69) is 25.9 Å². The van der Waals surface area contributed by atoms with Gasteiger partial charge < -0.3 is 10.6 Å². The molecule has 8 heteroatoms. The van der Waals surface area contributed by atoms with Crippen LogP contribution in [0.4, 0.5) is 20.6 Å². The van der Waals surface area contributed by atoms with Crippen molar-refractivity contribution in [1.29, 1.82) is 0 Å². The fourth-order valence-corrected chi connectivity index (χ4v) is 2.60. The van der Waals surface area contributed by atoms with E-state index in [4.69, 9.17) is 0 Å². The molecule has 0 radical (unpaired) electrons. The average molecular weight is 362 g/mol. The number of aryl methyl sites for hydroxylation is 1. The molecular weight excluding hydrogens is 347 g/mol. The summed E-state index contributed by atoms with van der Waals surface area (Å²) in [6.45, 7) is 1.66. The number of benzene rings is 2. The summed E-state index contributed by atoms with van der Waals surface area (Å²) < 4.78 is 15.2. The molecule has 0 fully saturated rings. The van der Waals surface area contributed by atoms with Gasteiger partial charge in [-0.3, -0.25) is 0 Å². The molecule has 0 spiro atoms. The molecule has 2 aromatic carbocycles. The number of nitrogens with zero attached hydrogens (tertiary/aromatic N) is 4. The summed E-state index contributed by atoms with van der Waals surface area (Å²) in [5.41, 5.74) is 3.68.